The number of nitrogens with one attached hydrogen (secondary N) is 1. The molecule has 0 radical (unpaired) electrons. The lowest BCUT2D eigenvalue weighted by atomic mass is 9.98. The van der Waals surface area contributed by atoms with Crippen LogP contribution < -0.4 is 5.32 Å². The summed E-state index contributed by atoms with van der Waals surface area (Å²) in [6, 6.07) is 0.152. The molecule has 2 atom stereocenters. The van der Waals surface area contributed by atoms with Gasteiger partial charge in [-0.15, -0.1) is 12.4 Å². The van der Waals surface area contributed by atoms with Gasteiger partial charge in [0.25, 0.3) is 0 Å². The van der Waals surface area contributed by atoms with Gasteiger partial charge >= 0.3 is 0 Å². The maximum absolute atomic E-state index is 5.55. The summed E-state index contributed by atoms with van der Waals surface area (Å²) in [5, 5.41) is 7.43. The van der Waals surface area contributed by atoms with Gasteiger partial charge in [0.2, 0.25) is 6.39 Å². The molecule has 0 aliphatic carbocycles. The Bertz CT molecular complexity index is 357. The molecule has 1 N–H and O–H groups in total. The van der Waals surface area contributed by atoms with Crippen LogP contribution in [0.4, 0.5) is 0 Å². The molecule has 2 aliphatic heterocycles. The van der Waals surface area contributed by atoms with E-state index in [1.54, 1.807) is 0 Å². The maximum Gasteiger partial charge on any atom is 0.213 e. The summed E-state index contributed by atoms with van der Waals surface area (Å²) in [7, 11) is 0. The summed E-state index contributed by atoms with van der Waals surface area (Å²) >= 11 is 0. The van der Waals surface area contributed by atoms with Gasteiger partial charge < -0.3 is 14.6 Å². The monoisotopic (exact) mass is 288 g/mol. The van der Waals surface area contributed by atoms with E-state index in [2.05, 4.69) is 20.4 Å². The highest BCUT2D eigenvalue weighted by Crippen LogP contribution is 2.23. The quantitative estimate of drug-likeness (QED) is 0.890. The molecule has 108 valence electrons. The fraction of sp³-hybridized carbons (Fsp3) is 0.833. The van der Waals surface area contributed by atoms with Crippen LogP contribution in [-0.4, -0.2) is 54.4 Å². The molecule has 0 bridgehead atoms. The summed E-state index contributed by atoms with van der Waals surface area (Å²) < 4.78 is 10.4. The fourth-order valence-corrected chi connectivity index (χ4v) is 2.83. The summed E-state index contributed by atoms with van der Waals surface area (Å²) in [6.07, 6.45) is 3.98. The Hall–Kier alpha value is -0.690. The number of hydrogen-bond donors (Lipinski definition) is 1. The normalized spacial score (nSPS) is 28.8. The van der Waals surface area contributed by atoms with Crippen LogP contribution in [0, 0.1) is 5.92 Å². The highest BCUT2D eigenvalue weighted by Gasteiger charge is 2.29. The van der Waals surface area contributed by atoms with Gasteiger partial charge in [0, 0.05) is 13.1 Å². The number of nitrogens with zero attached hydrogens (tertiary/aromatic N) is 3. The second kappa shape index (κ2) is 7.19. The molecule has 2 unspecified atom stereocenters. The van der Waals surface area contributed by atoms with E-state index in [-0.39, 0.29) is 18.4 Å². The molecule has 7 heteroatoms. The fourth-order valence-electron chi connectivity index (χ4n) is 2.83. The molecule has 19 heavy (non-hydrogen) atoms. The molecule has 6 nitrogen and oxygen atoms in total. The lowest BCUT2D eigenvalue weighted by molar-refractivity contribution is -0.0206. The average Bonchev–Trinajstić information content (AvgIpc) is 2.94. The van der Waals surface area contributed by atoms with Crippen molar-refractivity contribution in [2.24, 2.45) is 5.92 Å². The van der Waals surface area contributed by atoms with Gasteiger partial charge in [-0.25, -0.2) is 0 Å². The third-order valence-corrected chi connectivity index (χ3v) is 3.81. The standard InChI is InChI=1S/C12H20N4O2.ClH/c1-2-10(6-13-3-1)7-16-4-5-17-8-11(16)12-14-9-18-15-12;/h9-11,13H,1-8H2;1H. The van der Waals surface area contributed by atoms with Gasteiger partial charge in [0.15, 0.2) is 5.82 Å². The number of halogens is 1. The highest BCUT2D eigenvalue weighted by atomic mass is 35.5. The van der Waals surface area contributed by atoms with Crippen molar-refractivity contribution in [1.29, 1.82) is 0 Å². The molecular formula is C12H21ClN4O2. The van der Waals surface area contributed by atoms with Gasteiger partial charge in [0.1, 0.15) is 0 Å². The summed E-state index contributed by atoms with van der Waals surface area (Å²) in [6.45, 7) is 5.80. The van der Waals surface area contributed by atoms with Crippen LogP contribution >= 0.6 is 12.4 Å². The van der Waals surface area contributed by atoms with E-state index in [9.17, 15) is 0 Å². The van der Waals surface area contributed by atoms with Crippen LogP contribution in [0.25, 0.3) is 0 Å². The van der Waals surface area contributed by atoms with Crippen LogP contribution in [0.1, 0.15) is 24.7 Å². The molecule has 0 saturated carbocycles. The summed E-state index contributed by atoms with van der Waals surface area (Å²) in [4.78, 5) is 6.60. The molecule has 2 saturated heterocycles. The molecule has 1 aromatic heterocycles. The first-order chi connectivity index (χ1) is 8.93. The molecule has 3 rings (SSSR count). The van der Waals surface area contributed by atoms with E-state index in [1.807, 2.05) is 0 Å². The van der Waals surface area contributed by atoms with Crippen molar-refractivity contribution in [3.05, 3.63) is 12.2 Å². The molecule has 0 aromatic carbocycles. The number of ether oxygens (including phenoxy) is 1. The van der Waals surface area contributed by atoms with Crippen molar-refractivity contribution >= 4 is 12.4 Å². The second-order valence-corrected chi connectivity index (χ2v) is 5.09. The van der Waals surface area contributed by atoms with Crippen molar-refractivity contribution in [2.45, 2.75) is 18.9 Å². The third-order valence-electron chi connectivity index (χ3n) is 3.81. The van der Waals surface area contributed by atoms with Gasteiger partial charge in [-0.3, -0.25) is 4.90 Å². The Morgan fingerprint density at radius 3 is 3.16 bits per heavy atom. The van der Waals surface area contributed by atoms with E-state index in [0.717, 1.165) is 44.5 Å². The van der Waals surface area contributed by atoms with E-state index >= 15 is 0 Å². The minimum atomic E-state index is 0. The Morgan fingerprint density at radius 2 is 2.42 bits per heavy atom. The van der Waals surface area contributed by atoms with E-state index < -0.39 is 0 Å². The van der Waals surface area contributed by atoms with Crippen molar-refractivity contribution in [2.75, 3.05) is 39.4 Å². The first-order valence-electron chi connectivity index (χ1n) is 6.72. The van der Waals surface area contributed by atoms with Crippen LogP contribution in [0.3, 0.4) is 0 Å². The molecule has 0 spiro atoms. The van der Waals surface area contributed by atoms with E-state index in [1.165, 1.54) is 19.2 Å². The van der Waals surface area contributed by atoms with Crippen LogP contribution in [-0.2, 0) is 4.74 Å². The number of piperidine rings is 1. The van der Waals surface area contributed by atoms with Crippen LogP contribution in [0.15, 0.2) is 10.9 Å². The number of rotatable bonds is 3. The third kappa shape index (κ3) is 3.66. The summed E-state index contributed by atoms with van der Waals surface area (Å²) in [5.41, 5.74) is 0. The van der Waals surface area contributed by atoms with Crippen molar-refractivity contribution < 1.29 is 9.26 Å². The number of hydrogen-bond acceptors (Lipinski definition) is 6. The lowest BCUT2D eigenvalue weighted by Crippen LogP contribution is -2.45. The zero-order valence-electron chi connectivity index (χ0n) is 11.0. The average molecular weight is 289 g/mol. The van der Waals surface area contributed by atoms with Crippen LogP contribution in [0.2, 0.25) is 0 Å². The zero-order valence-corrected chi connectivity index (χ0v) is 11.8. The molecule has 1 aromatic rings. The Kier molecular flexibility index (Phi) is 5.57. The topological polar surface area (TPSA) is 63.4 Å². The lowest BCUT2D eigenvalue weighted by Gasteiger charge is -2.37. The van der Waals surface area contributed by atoms with Gasteiger partial charge in [0.05, 0.1) is 19.3 Å². The number of aromatic nitrogens is 2. The molecule has 2 aliphatic rings. The van der Waals surface area contributed by atoms with Crippen molar-refractivity contribution in [3.8, 4) is 0 Å². The molecule has 2 fully saturated rings. The maximum atomic E-state index is 5.55. The van der Waals surface area contributed by atoms with Crippen LogP contribution in [0.5, 0.6) is 0 Å². The Balaban J connectivity index is 0.00000133. The van der Waals surface area contributed by atoms with Gasteiger partial charge in [-0.05, 0) is 31.8 Å². The smallest absolute Gasteiger partial charge is 0.213 e. The summed E-state index contributed by atoms with van der Waals surface area (Å²) in [5.74, 6) is 1.48. The Morgan fingerprint density at radius 1 is 1.47 bits per heavy atom. The zero-order chi connectivity index (χ0) is 12.2. The first kappa shape index (κ1) is 14.7. The molecule has 3 heterocycles. The van der Waals surface area contributed by atoms with Gasteiger partial charge in [-0.1, -0.05) is 5.16 Å². The highest BCUT2D eigenvalue weighted by molar-refractivity contribution is 5.85. The van der Waals surface area contributed by atoms with Crippen molar-refractivity contribution in [1.82, 2.24) is 20.4 Å². The molecule has 0 amide bonds. The minimum absolute atomic E-state index is 0. The van der Waals surface area contributed by atoms with E-state index in [4.69, 9.17) is 9.26 Å². The van der Waals surface area contributed by atoms with Gasteiger partial charge in [-0.2, -0.15) is 4.98 Å². The minimum Gasteiger partial charge on any atom is -0.378 e. The van der Waals surface area contributed by atoms with Crippen molar-refractivity contribution in [3.63, 3.8) is 0 Å². The van der Waals surface area contributed by atoms with E-state index in [0.29, 0.717) is 6.61 Å². The first-order valence-corrected chi connectivity index (χ1v) is 6.72. The Labute approximate surface area is 119 Å². The predicted molar refractivity (Wildman–Crippen MR) is 72.3 cm³/mol. The SMILES string of the molecule is Cl.c1nc(C2COCCN2CC2CCCNC2)no1. The largest absolute Gasteiger partial charge is 0.378 e. The predicted octanol–water partition coefficient (Wildman–Crippen LogP) is 0.864. The molecular weight excluding hydrogens is 268 g/mol. The second-order valence-electron chi connectivity index (χ2n) is 5.09. The number of morpholine rings is 1.